The van der Waals surface area contributed by atoms with Gasteiger partial charge in [0.1, 0.15) is 29.9 Å². The van der Waals surface area contributed by atoms with E-state index in [-0.39, 0.29) is 17.9 Å². The minimum Gasteiger partial charge on any atom is -0.456 e. The number of halogens is 1. The normalized spacial score (nSPS) is 11.3. The van der Waals surface area contributed by atoms with Gasteiger partial charge >= 0.3 is 6.09 Å². The molecule has 10 heteroatoms. The zero-order valence-electron chi connectivity index (χ0n) is 21.0. The monoisotopic (exact) mass is 521 g/mol. The van der Waals surface area contributed by atoms with Crippen molar-refractivity contribution in [1.82, 2.24) is 19.9 Å². The molecule has 0 unspecified atom stereocenters. The van der Waals surface area contributed by atoms with Crippen molar-refractivity contribution < 1.29 is 19.1 Å². The van der Waals surface area contributed by atoms with Crippen molar-refractivity contribution in [3.8, 4) is 11.5 Å². The van der Waals surface area contributed by atoms with E-state index < -0.39 is 6.09 Å². The van der Waals surface area contributed by atoms with E-state index in [4.69, 9.17) is 21.1 Å². The molecule has 0 aliphatic heterocycles. The molecule has 4 aromatic rings. The summed E-state index contributed by atoms with van der Waals surface area (Å²) in [5.74, 6) is 1.50. The maximum Gasteiger partial charge on any atom is 0.407 e. The van der Waals surface area contributed by atoms with Crippen molar-refractivity contribution in [2.45, 2.75) is 39.8 Å². The number of alkyl carbamates (subject to hydrolysis) is 1. The van der Waals surface area contributed by atoms with Gasteiger partial charge in [0.2, 0.25) is 0 Å². The number of nitrogens with one attached hydrogen (secondary N) is 2. The Morgan fingerprint density at radius 3 is 2.62 bits per heavy atom. The molecule has 0 saturated carbocycles. The molecule has 1 amide bonds. The summed E-state index contributed by atoms with van der Waals surface area (Å²) in [6, 6.07) is 14.1. The molecular weight excluding hydrogens is 494 g/mol. The number of ether oxygens (including phenoxy) is 2. The Balaban J connectivity index is 1.48. The zero-order chi connectivity index (χ0) is 26.6. The van der Waals surface area contributed by atoms with E-state index in [2.05, 4.69) is 20.6 Å². The molecule has 0 bridgehead atoms. The number of aromatic nitrogens is 3. The summed E-state index contributed by atoms with van der Waals surface area (Å²) in [4.78, 5) is 32.3. The van der Waals surface area contributed by atoms with Crippen molar-refractivity contribution in [3.63, 3.8) is 0 Å². The van der Waals surface area contributed by atoms with Gasteiger partial charge in [0.05, 0.1) is 17.1 Å². The van der Waals surface area contributed by atoms with Gasteiger partial charge < -0.3 is 24.7 Å². The first kappa shape index (κ1) is 26.0. The Morgan fingerprint density at radius 1 is 1.08 bits per heavy atom. The number of anilines is 2. The van der Waals surface area contributed by atoms with E-state index in [0.717, 1.165) is 11.0 Å². The fraction of sp³-hybridized carbons (Fsp3) is 0.259. The van der Waals surface area contributed by atoms with E-state index in [1.165, 1.54) is 13.3 Å². The lowest BCUT2D eigenvalue weighted by molar-refractivity contribution is 0.101. The van der Waals surface area contributed by atoms with E-state index >= 15 is 0 Å². The Bertz CT molecular complexity index is 1440. The highest BCUT2D eigenvalue weighted by molar-refractivity contribution is 6.32. The predicted octanol–water partition coefficient (Wildman–Crippen LogP) is 6.35. The largest absolute Gasteiger partial charge is 0.456 e. The van der Waals surface area contributed by atoms with Gasteiger partial charge in [0.25, 0.3) is 0 Å². The molecule has 37 heavy (non-hydrogen) atoms. The van der Waals surface area contributed by atoms with Gasteiger partial charge in [-0.05, 0) is 64.1 Å². The van der Waals surface area contributed by atoms with Gasteiger partial charge in [-0.3, -0.25) is 4.79 Å². The van der Waals surface area contributed by atoms with Gasteiger partial charge in [-0.2, -0.15) is 0 Å². The minimum absolute atomic E-state index is 0.0447. The summed E-state index contributed by atoms with van der Waals surface area (Å²) >= 11 is 6.50. The predicted molar refractivity (Wildman–Crippen MR) is 143 cm³/mol. The van der Waals surface area contributed by atoms with Crippen LogP contribution in [-0.4, -0.2) is 38.6 Å². The average molecular weight is 522 g/mol. The number of hydrogen-bond donors (Lipinski definition) is 2. The van der Waals surface area contributed by atoms with Crippen molar-refractivity contribution in [1.29, 1.82) is 0 Å². The Labute approximate surface area is 219 Å². The molecule has 0 spiro atoms. The molecule has 2 N–H and O–H groups in total. The molecule has 0 fully saturated rings. The summed E-state index contributed by atoms with van der Waals surface area (Å²) in [6.07, 6.45) is 2.88. The van der Waals surface area contributed by atoms with Crippen LogP contribution >= 0.6 is 11.6 Å². The zero-order valence-corrected chi connectivity index (χ0v) is 21.8. The van der Waals surface area contributed by atoms with Crippen LogP contribution in [0.25, 0.3) is 11.0 Å². The number of nitrogens with zero attached hydrogens (tertiary/aromatic N) is 3. The molecule has 0 atom stereocenters. The van der Waals surface area contributed by atoms with E-state index in [1.807, 2.05) is 43.7 Å². The summed E-state index contributed by atoms with van der Waals surface area (Å²) in [5, 5.41) is 6.44. The lowest BCUT2D eigenvalue weighted by atomic mass is 10.1. The number of benzene rings is 2. The Hall–Kier alpha value is -4.11. The minimum atomic E-state index is -0.469. The fourth-order valence-corrected chi connectivity index (χ4v) is 3.81. The number of ketones is 1. The quantitative estimate of drug-likeness (QED) is 0.260. The smallest absolute Gasteiger partial charge is 0.407 e. The number of hydrogen-bond acceptors (Lipinski definition) is 7. The van der Waals surface area contributed by atoms with Crippen LogP contribution in [0, 0.1) is 0 Å². The lowest BCUT2D eigenvalue weighted by Crippen LogP contribution is -2.41. The second-order valence-electron chi connectivity index (χ2n) is 9.43. The molecule has 0 saturated heterocycles. The Morgan fingerprint density at radius 2 is 1.89 bits per heavy atom. The lowest BCUT2D eigenvalue weighted by Gasteiger charge is -2.20. The Kier molecular flexibility index (Phi) is 7.63. The van der Waals surface area contributed by atoms with E-state index in [9.17, 15) is 9.59 Å². The van der Waals surface area contributed by atoms with Crippen molar-refractivity contribution in [2.24, 2.45) is 0 Å². The molecule has 2 aromatic heterocycles. The third-order valence-corrected chi connectivity index (χ3v) is 5.55. The highest BCUT2D eigenvalue weighted by Crippen LogP contribution is 2.33. The first-order valence-corrected chi connectivity index (χ1v) is 12.1. The number of rotatable bonds is 8. The van der Waals surface area contributed by atoms with Crippen LogP contribution in [0.4, 0.5) is 16.3 Å². The molecule has 2 heterocycles. The van der Waals surface area contributed by atoms with Crippen LogP contribution in [0.5, 0.6) is 11.5 Å². The molecule has 192 valence electrons. The standard InChI is InChI=1S/C27H28ClN5O4/c1-17(34)18-6-5-7-20(14-18)37-23-9-8-19(15-21(23)28)31-25-24-22(29-16-30-25)10-11-33(24)12-13-36-26(35)32-27(2,3)4/h5-11,14-16H,12-13H2,1-4H3,(H,32,35)(H,29,30,31). The number of amides is 1. The third kappa shape index (κ3) is 6.77. The van der Waals surface area contributed by atoms with Crippen LogP contribution in [0.1, 0.15) is 38.1 Å². The number of carbonyl (C=O) groups excluding carboxylic acids is 2. The number of Topliss-reactive ketones (excluding diaryl/α,β-unsaturated/α-hetero) is 1. The number of carbonyl (C=O) groups is 2. The van der Waals surface area contributed by atoms with Crippen molar-refractivity contribution in [2.75, 3.05) is 11.9 Å². The summed E-state index contributed by atoms with van der Waals surface area (Å²) in [7, 11) is 0. The van der Waals surface area contributed by atoms with Crippen LogP contribution in [-0.2, 0) is 11.3 Å². The van der Waals surface area contributed by atoms with Crippen LogP contribution in [0.3, 0.4) is 0 Å². The molecular formula is C27H28ClN5O4. The topological polar surface area (TPSA) is 107 Å². The van der Waals surface area contributed by atoms with Crippen LogP contribution < -0.4 is 15.4 Å². The van der Waals surface area contributed by atoms with Gasteiger partial charge in [-0.15, -0.1) is 0 Å². The second kappa shape index (κ2) is 10.9. The molecule has 0 aliphatic carbocycles. The van der Waals surface area contributed by atoms with Gasteiger partial charge in [0.15, 0.2) is 11.6 Å². The number of fused-ring (bicyclic) bond motifs is 1. The van der Waals surface area contributed by atoms with E-state index in [0.29, 0.717) is 40.1 Å². The first-order chi connectivity index (χ1) is 17.6. The molecule has 0 aliphatic rings. The third-order valence-electron chi connectivity index (χ3n) is 5.26. The van der Waals surface area contributed by atoms with Crippen LogP contribution in [0.2, 0.25) is 5.02 Å². The maximum atomic E-state index is 12.0. The second-order valence-corrected chi connectivity index (χ2v) is 9.84. The summed E-state index contributed by atoms with van der Waals surface area (Å²) < 4.78 is 13.1. The average Bonchev–Trinajstić information content (AvgIpc) is 3.24. The maximum absolute atomic E-state index is 12.0. The summed E-state index contributed by atoms with van der Waals surface area (Å²) in [5.41, 5.74) is 2.39. The van der Waals surface area contributed by atoms with E-state index in [1.54, 1.807) is 36.4 Å². The molecule has 4 rings (SSSR count). The van der Waals surface area contributed by atoms with Crippen molar-refractivity contribution >= 4 is 46.0 Å². The van der Waals surface area contributed by atoms with Gasteiger partial charge in [-0.1, -0.05) is 23.7 Å². The summed E-state index contributed by atoms with van der Waals surface area (Å²) in [6.45, 7) is 7.78. The highest BCUT2D eigenvalue weighted by atomic mass is 35.5. The molecule has 0 radical (unpaired) electrons. The van der Waals surface area contributed by atoms with Gasteiger partial charge in [-0.25, -0.2) is 14.8 Å². The molecule has 9 nitrogen and oxygen atoms in total. The van der Waals surface area contributed by atoms with Gasteiger partial charge in [0, 0.05) is 23.0 Å². The fourth-order valence-electron chi connectivity index (χ4n) is 3.59. The SMILES string of the molecule is CC(=O)c1cccc(Oc2ccc(Nc3ncnc4ccn(CCOC(=O)NC(C)(C)C)c34)cc2Cl)c1. The highest BCUT2D eigenvalue weighted by Gasteiger charge is 2.15. The molecule has 2 aromatic carbocycles. The van der Waals surface area contributed by atoms with Crippen molar-refractivity contribution in [3.05, 3.63) is 71.6 Å². The first-order valence-electron chi connectivity index (χ1n) is 11.7. The van der Waals surface area contributed by atoms with Crippen LogP contribution in [0.15, 0.2) is 61.1 Å².